The molecule has 110 valence electrons. The zero-order valence-electron chi connectivity index (χ0n) is 10.9. The number of thiazole rings is 1. The fraction of sp³-hybridized carbons (Fsp3) is 0.308. The maximum Gasteiger partial charge on any atom is 0.327 e. The van der Waals surface area contributed by atoms with E-state index in [4.69, 9.17) is 4.42 Å². The summed E-state index contributed by atoms with van der Waals surface area (Å²) in [6, 6.07) is 2.73. The summed E-state index contributed by atoms with van der Waals surface area (Å²) in [5.74, 6) is 0.442. The van der Waals surface area contributed by atoms with Gasteiger partial charge in [-0.2, -0.15) is 11.8 Å². The molecular formula is C13H12N2O4S2. The summed E-state index contributed by atoms with van der Waals surface area (Å²) in [4.78, 5) is 29.4. The van der Waals surface area contributed by atoms with Crippen molar-refractivity contribution in [2.75, 3.05) is 18.1 Å². The van der Waals surface area contributed by atoms with Gasteiger partial charge in [-0.15, -0.1) is 11.3 Å². The third kappa shape index (κ3) is 2.81. The summed E-state index contributed by atoms with van der Waals surface area (Å²) in [5, 5.41) is 11.5. The molecule has 0 aromatic carbocycles. The summed E-state index contributed by atoms with van der Waals surface area (Å²) in [5.41, 5.74) is 0.268. The molecule has 1 N–H and O–H groups in total. The lowest BCUT2D eigenvalue weighted by Gasteiger charge is -2.32. The molecule has 1 atom stereocenters. The van der Waals surface area contributed by atoms with E-state index in [2.05, 4.69) is 4.98 Å². The standard InChI is InChI=1S/C13H12N2O4S2/c16-12(15-3-5-20-7-9(15)13(17)18)8-6-21-11(14-8)10-2-1-4-19-10/h1-2,4,6,9H,3,5,7H2,(H,17,18). The molecule has 1 amide bonds. The highest BCUT2D eigenvalue weighted by atomic mass is 32.2. The highest BCUT2D eigenvalue weighted by Gasteiger charge is 2.33. The van der Waals surface area contributed by atoms with Crippen LogP contribution < -0.4 is 0 Å². The maximum absolute atomic E-state index is 12.5. The zero-order chi connectivity index (χ0) is 14.8. The van der Waals surface area contributed by atoms with Gasteiger partial charge in [0.1, 0.15) is 11.7 Å². The number of carboxylic acids is 1. The Kier molecular flexibility index (Phi) is 3.98. The highest BCUT2D eigenvalue weighted by molar-refractivity contribution is 7.99. The van der Waals surface area contributed by atoms with Gasteiger partial charge in [0.05, 0.1) is 6.26 Å². The summed E-state index contributed by atoms with van der Waals surface area (Å²) in [6.07, 6.45) is 1.54. The van der Waals surface area contributed by atoms with Crippen LogP contribution in [0.3, 0.4) is 0 Å². The number of carboxylic acid groups (broad SMARTS) is 1. The average molecular weight is 324 g/mol. The molecule has 2 aromatic rings. The van der Waals surface area contributed by atoms with Gasteiger partial charge in [-0.3, -0.25) is 4.79 Å². The molecule has 1 aliphatic rings. The van der Waals surface area contributed by atoms with Crippen LogP contribution in [0.25, 0.3) is 10.8 Å². The Labute approximate surface area is 128 Å². The maximum atomic E-state index is 12.5. The van der Waals surface area contributed by atoms with E-state index in [0.717, 1.165) is 5.75 Å². The van der Waals surface area contributed by atoms with E-state index in [0.29, 0.717) is 23.1 Å². The first-order valence-electron chi connectivity index (χ1n) is 6.28. The Bertz CT molecular complexity index is 653. The first-order valence-corrected chi connectivity index (χ1v) is 8.31. The topological polar surface area (TPSA) is 83.6 Å². The molecule has 0 saturated carbocycles. The molecule has 1 saturated heterocycles. The third-order valence-electron chi connectivity index (χ3n) is 3.13. The van der Waals surface area contributed by atoms with Gasteiger partial charge in [0.2, 0.25) is 0 Å². The number of rotatable bonds is 3. The van der Waals surface area contributed by atoms with Gasteiger partial charge < -0.3 is 14.4 Å². The quantitative estimate of drug-likeness (QED) is 0.930. The van der Waals surface area contributed by atoms with Crippen LogP contribution in [-0.4, -0.2) is 51.0 Å². The smallest absolute Gasteiger partial charge is 0.327 e. The van der Waals surface area contributed by atoms with Crippen LogP contribution >= 0.6 is 23.1 Å². The van der Waals surface area contributed by atoms with Gasteiger partial charge in [0.15, 0.2) is 10.8 Å². The number of aliphatic carboxylic acids is 1. The molecule has 1 aliphatic heterocycles. The molecule has 1 unspecified atom stereocenters. The normalized spacial score (nSPS) is 18.7. The number of aromatic nitrogens is 1. The summed E-state index contributed by atoms with van der Waals surface area (Å²) in [6.45, 7) is 0.425. The molecule has 8 heteroatoms. The lowest BCUT2D eigenvalue weighted by molar-refractivity contribution is -0.141. The van der Waals surface area contributed by atoms with Crippen LogP contribution in [0.15, 0.2) is 28.2 Å². The number of carbonyl (C=O) groups excluding carboxylic acids is 1. The Morgan fingerprint density at radius 3 is 3.05 bits per heavy atom. The molecule has 3 heterocycles. The van der Waals surface area contributed by atoms with Crippen molar-refractivity contribution >= 4 is 35.0 Å². The zero-order valence-corrected chi connectivity index (χ0v) is 12.5. The molecule has 0 spiro atoms. The number of thioether (sulfide) groups is 1. The van der Waals surface area contributed by atoms with Crippen LogP contribution in [0, 0.1) is 0 Å². The molecule has 0 radical (unpaired) electrons. The van der Waals surface area contributed by atoms with Crippen LogP contribution in [0.2, 0.25) is 0 Å². The minimum Gasteiger partial charge on any atom is -0.480 e. The van der Waals surface area contributed by atoms with Crippen LogP contribution in [0.5, 0.6) is 0 Å². The lowest BCUT2D eigenvalue weighted by atomic mass is 10.2. The summed E-state index contributed by atoms with van der Waals surface area (Å²) < 4.78 is 5.24. The highest BCUT2D eigenvalue weighted by Crippen LogP contribution is 2.26. The SMILES string of the molecule is O=C(O)C1CSCCN1C(=O)c1csc(-c2ccco2)n1. The predicted molar refractivity (Wildman–Crippen MR) is 79.6 cm³/mol. The van der Waals surface area contributed by atoms with Gasteiger partial charge >= 0.3 is 5.97 Å². The van der Waals surface area contributed by atoms with E-state index in [-0.39, 0.29) is 11.6 Å². The summed E-state index contributed by atoms with van der Waals surface area (Å²) in [7, 11) is 0. The van der Waals surface area contributed by atoms with E-state index in [1.165, 1.54) is 16.2 Å². The van der Waals surface area contributed by atoms with E-state index in [1.54, 1.807) is 35.5 Å². The predicted octanol–water partition coefficient (Wildman–Crippen LogP) is 2.05. The van der Waals surface area contributed by atoms with Crippen molar-refractivity contribution in [3.8, 4) is 10.8 Å². The average Bonchev–Trinajstić information content (AvgIpc) is 3.17. The molecule has 0 bridgehead atoms. The first kappa shape index (κ1) is 14.2. The van der Waals surface area contributed by atoms with E-state index < -0.39 is 12.0 Å². The fourth-order valence-electron chi connectivity index (χ4n) is 2.08. The Hall–Kier alpha value is -1.80. The molecule has 1 fully saturated rings. The Morgan fingerprint density at radius 2 is 2.33 bits per heavy atom. The van der Waals surface area contributed by atoms with E-state index >= 15 is 0 Å². The minimum atomic E-state index is -0.975. The van der Waals surface area contributed by atoms with Crippen LogP contribution in [0.4, 0.5) is 0 Å². The van der Waals surface area contributed by atoms with E-state index in [1.807, 2.05) is 0 Å². The monoisotopic (exact) mass is 324 g/mol. The van der Waals surface area contributed by atoms with Crippen LogP contribution in [-0.2, 0) is 4.79 Å². The van der Waals surface area contributed by atoms with Crippen molar-refractivity contribution in [2.45, 2.75) is 6.04 Å². The van der Waals surface area contributed by atoms with Gasteiger partial charge in [-0.05, 0) is 12.1 Å². The van der Waals surface area contributed by atoms with Crippen molar-refractivity contribution < 1.29 is 19.1 Å². The molecule has 3 rings (SSSR count). The third-order valence-corrected chi connectivity index (χ3v) is 5.01. The number of amides is 1. The Balaban J connectivity index is 1.83. The second-order valence-corrected chi connectivity index (χ2v) is 6.45. The number of nitrogens with zero attached hydrogens (tertiary/aromatic N) is 2. The van der Waals surface area contributed by atoms with Crippen LogP contribution in [0.1, 0.15) is 10.5 Å². The van der Waals surface area contributed by atoms with Crippen molar-refractivity contribution in [1.29, 1.82) is 0 Å². The van der Waals surface area contributed by atoms with Crippen molar-refractivity contribution in [3.63, 3.8) is 0 Å². The number of hydrogen-bond acceptors (Lipinski definition) is 6. The van der Waals surface area contributed by atoms with Gasteiger partial charge in [0, 0.05) is 23.4 Å². The summed E-state index contributed by atoms with van der Waals surface area (Å²) >= 11 is 2.85. The van der Waals surface area contributed by atoms with Gasteiger partial charge in [-0.1, -0.05) is 0 Å². The molecular weight excluding hydrogens is 312 g/mol. The van der Waals surface area contributed by atoms with Crippen molar-refractivity contribution in [3.05, 3.63) is 29.5 Å². The van der Waals surface area contributed by atoms with Crippen molar-refractivity contribution in [1.82, 2.24) is 9.88 Å². The molecule has 21 heavy (non-hydrogen) atoms. The van der Waals surface area contributed by atoms with E-state index in [9.17, 15) is 14.7 Å². The molecule has 6 nitrogen and oxygen atoms in total. The second-order valence-electron chi connectivity index (χ2n) is 4.44. The van der Waals surface area contributed by atoms with Gasteiger partial charge in [-0.25, -0.2) is 9.78 Å². The van der Waals surface area contributed by atoms with Gasteiger partial charge in [0.25, 0.3) is 5.91 Å². The first-order chi connectivity index (χ1) is 10.2. The lowest BCUT2D eigenvalue weighted by Crippen LogP contribution is -2.50. The number of carbonyl (C=O) groups is 2. The molecule has 2 aromatic heterocycles. The Morgan fingerprint density at radius 1 is 1.48 bits per heavy atom. The second kappa shape index (κ2) is 5.90. The largest absolute Gasteiger partial charge is 0.480 e. The fourth-order valence-corrected chi connectivity index (χ4v) is 3.88. The molecule has 0 aliphatic carbocycles. The van der Waals surface area contributed by atoms with Crippen molar-refractivity contribution in [2.24, 2.45) is 0 Å². The number of furan rings is 1. The minimum absolute atomic E-state index is 0.268. The number of hydrogen-bond donors (Lipinski definition) is 1.